The van der Waals surface area contributed by atoms with Crippen LogP contribution in [0.4, 0.5) is 0 Å². The van der Waals surface area contributed by atoms with Gasteiger partial charge < -0.3 is 0 Å². The maximum Gasteiger partial charge on any atom is 0 e. The Balaban J connectivity index is 0.000000720. The van der Waals surface area contributed by atoms with Gasteiger partial charge in [0.05, 0.1) is 0 Å². The number of benzene rings is 1. The first-order valence-corrected chi connectivity index (χ1v) is 3.90. The van der Waals surface area contributed by atoms with Crippen LogP contribution in [0, 0.1) is 13.8 Å². The molecule has 60 valence electrons. The van der Waals surface area contributed by atoms with Crippen LogP contribution >= 0.6 is 0 Å². The second kappa shape index (κ2) is 3.62. The Hall–Kier alpha value is -0.287. The average molecular weight is 234 g/mol. The second-order valence-corrected chi connectivity index (χ2v) is 3.11. The van der Waals surface area contributed by atoms with Crippen molar-refractivity contribution in [1.29, 1.82) is 0 Å². The summed E-state index contributed by atoms with van der Waals surface area (Å²) in [4.78, 5) is 0. The minimum Gasteiger partial charge on any atom is -0.168 e. The Morgan fingerprint density at radius 2 is 1.92 bits per heavy atom. The molecule has 0 saturated carbocycles. The molecule has 0 aliphatic heterocycles. The maximum atomic E-state index is 2.22. The zero-order valence-corrected chi connectivity index (χ0v) is 9.84. The first-order chi connectivity index (χ1) is 5.27. The van der Waals surface area contributed by atoms with Crippen molar-refractivity contribution >= 4 is 10.8 Å². The Labute approximate surface area is 92.1 Å². The fourth-order valence-corrected chi connectivity index (χ4v) is 1.48. The third kappa shape index (κ3) is 1.56. The molecule has 0 aromatic heterocycles. The monoisotopic (exact) mass is 233 g/mol. The SMILES string of the molecule is Cc1ccc2c(cc[c-]2C)c1.[Zr]. The molecule has 0 unspecified atom stereocenters. The fourth-order valence-electron chi connectivity index (χ4n) is 1.48. The van der Waals surface area contributed by atoms with Crippen LogP contribution in [0.1, 0.15) is 11.1 Å². The predicted molar refractivity (Wildman–Crippen MR) is 49.0 cm³/mol. The molecule has 0 fully saturated rings. The number of aryl methyl sites for hydroxylation is 2. The molecule has 2 aromatic carbocycles. The van der Waals surface area contributed by atoms with Gasteiger partial charge in [-0.15, -0.1) is 34.5 Å². The van der Waals surface area contributed by atoms with Gasteiger partial charge in [-0.25, -0.2) is 0 Å². The van der Waals surface area contributed by atoms with E-state index in [-0.39, 0.29) is 26.2 Å². The third-order valence-electron chi connectivity index (χ3n) is 2.14. The predicted octanol–water partition coefficient (Wildman–Crippen LogP) is 3.17. The Kier molecular flexibility index (Phi) is 2.95. The van der Waals surface area contributed by atoms with Crippen molar-refractivity contribution in [2.45, 2.75) is 13.8 Å². The average Bonchev–Trinajstić information content (AvgIpc) is 2.32. The van der Waals surface area contributed by atoms with E-state index in [0.29, 0.717) is 0 Å². The molecular formula is C11H11Zr-. The smallest absolute Gasteiger partial charge is 0 e. The van der Waals surface area contributed by atoms with Gasteiger partial charge in [-0.05, 0) is 6.92 Å². The van der Waals surface area contributed by atoms with Gasteiger partial charge in [0.25, 0.3) is 0 Å². The van der Waals surface area contributed by atoms with Crippen LogP contribution in [0.2, 0.25) is 0 Å². The first-order valence-electron chi connectivity index (χ1n) is 3.90. The molecule has 0 atom stereocenters. The molecule has 0 bridgehead atoms. The zero-order valence-electron chi connectivity index (χ0n) is 7.39. The van der Waals surface area contributed by atoms with Crippen molar-refractivity contribution in [2.24, 2.45) is 0 Å². The summed E-state index contributed by atoms with van der Waals surface area (Å²) in [5.41, 5.74) is 2.71. The van der Waals surface area contributed by atoms with E-state index in [4.69, 9.17) is 0 Å². The van der Waals surface area contributed by atoms with Crippen molar-refractivity contribution in [2.75, 3.05) is 0 Å². The van der Waals surface area contributed by atoms with Gasteiger partial charge in [-0.2, -0.15) is 12.1 Å². The van der Waals surface area contributed by atoms with Crippen LogP contribution in [0.15, 0.2) is 30.3 Å². The molecule has 0 saturated heterocycles. The minimum atomic E-state index is 0. The van der Waals surface area contributed by atoms with Crippen LogP contribution < -0.4 is 0 Å². The quantitative estimate of drug-likeness (QED) is 0.614. The molecule has 0 aliphatic carbocycles. The van der Waals surface area contributed by atoms with E-state index in [1.807, 2.05) is 0 Å². The number of fused-ring (bicyclic) bond motifs is 1. The van der Waals surface area contributed by atoms with E-state index in [1.165, 1.54) is 21.9 Å². The van der Waals surface area contributed by atoms with E-state index < -0.39 is 0 Å². The zero-order chi connectivity index (χ0) is 7.84. The minimum absolute atomic E-state index is 0. The summed E-state index contributed by atoms with van der Waals surface area (Å²) >= 11 is 0. The van der Waals surface area contributed by atoms with E-state index in [1.54, 1.807) is 0 Å². The Bertz CT molecular complexity index is 385. The third-order valence-corrected chi connectivity index (χ3v) is 2.14. The van der Waals surface area contributed by atoms with E-state index in [0.717, 1.165) is 0 Å². The van der Waals surface area contributed by atoms with Gasteiger partial charge in [0, 0.05) is 26.2 Å². The topological polar surface area (TPSA) is 0 Å². The van der Waals surface area contributed by atoms with Gasteiger partial charge in [0.2, 0.25) is 0 Å². The largest absolute Gasteiger partial charge is 0.168 e. The summed E-state index contributed by atoms with van der Waals surface area (Å²) in [5.74, 6) is 0. The molecular weight excluding hydrogens is 223 g/mol. The van der Waals surface area contributed by atoms with Crippen molar-refractivity contribution in [3.05, 3.63) is 41.5 Å². The van der Waals surface area contributed by atoms with Crippen LogP contribution in [-0.4, -0.2) is 0 Å². The summed E-state index contributed by atoms with van der Waals surface area (Å²) < 4.78 is 0. The summed E-state index contributed by atoms with van der Waals surface area (Å²) in [6.45, 7) is 4.28. The van der Waals surface area contributed by atoms with Gasteiger partial charge in [0.1, 0.15) is 0 Å². The standard InChI is InChI=1S/C11H11.Zr/c1-8-3-6-11-9(2)4-5-10(11)7-8;/h3-7H,1-2H3;/q-1;. The van der Waals surface area contributed by atoms with Crippen LogP contribution in [0.3, 0.4) is 0 Å². The summed E-state index contributed by atoms with van der Waals surface area (Å²) in [7, 11) is 0. The molecule has 0 aliphatic rings. The van der Waals surface area contributed by atoms with Gasteiger partial charge in [-0.3, -0.25) is 0 Å². The summed E-state index contributed by atoms with van der Waals surface area (Å²) in [6.07, 6.45) is 0. The van der Waals surface area contributed by atoms with E-state index >= 15 is 0 Å². The molecule has 1 heteroatoms. The summed E-state index contributed by atoms with van der Waals surface area (Å²) in [5, 5.41) is 2.75. The van der Waals surface area contributed by atoms with Crippen LogP contribution in [0.25, 0.3) is 10.8 Å². The van der Waals surface area contributed by atoms with Crippen molar-refractivity contribution in [1.82, 2.24) is 0 Å². The van der Waals surface area contributed by atoms with Crippen LogP contribution in [0.5, 0.6) is 0 Å². The van der Waals surface area contributed by atoms with Gasteiger partial charge in [0.15, 0.2) is 0 Å². The molecule has 0 amide bonds. The van der Waals surface area contributed by atoms with E-state index in [9.17, 15) is 0 Å². The molecule has 2 aromatic rings. The van der Waals surface area contributed by atoms with Gasteiger partial charge >= 0.3 is 0 Å². The number of hydrogen-bond acceptors (Lipinski definition) is 0. The van der Waals surface area contributed by atoms with Crippen molar-refractivity contribution in [3.63, 3.8) is 0 Å². The van der Waals surface area contributed by atoms with Gasteiger partial charge in [-0.1, -0.05) is 12.5 Å². The molecule has 0 heterocycles. The molecule has 0 radical (unpaired) electrons. The number of rotatable bonds is 0. The first kappa shape index (κ1) is 9.80. The van der Waals surface area contributed by atoms with E-state index in [2.05, 4.69) is 44.2 Å². The molecule has 12 heavy (non-hydrogen) atoms. The molecule has 0 spiro atoms. The number of hydrogen-bond donors (Lipinski definition) is 0. The Morgan fingerprint density at radius 1 is 1.17 bits per heavy atom. The molecule has 0 nitrogen and oxygen atoms in total. The summed E-state index contributed by atoms with van der Waals surface area (Å²) in [6, 6.07) is 10.9. The fraction of sp³-hybridized carbons (Fsp3) is 0.182. The second-order valence-electron chi connectivity index (χ2n) is 3.11. The normalized spacial score (nSPS) is 9.83. The molecule has 2 rings (SSSR count). The molecule has 0 N–H and O–H groups in total. The van der Waals surface area contributed by atoms with Crippen LogP contribution in [-0.2, 0) is 26.2 Å². The van der Waals surface area contributed by atoms with Crippen molar-refractivity contribution < 1.29 is 26.2 Å². The maximum absolute atomic E-state index is 2.22. The van der Waals surface area contributed by atoms with Crippen molar-refractivity contribution in [3.8, 4) is 0 Å². The Morgan fingerprint density at radius 3 is 2.67 bits per heavy atom.